The normalized spacial score (nSPS) is 22.2. The van der Waals surface area contributed by atoms with Crippen molar-refractivity contribution in [1.82, 2.24) is 0 Å². The second kappa shape index (κ2) is 5.92. The van der Waals surface area contributed by atoms with Gasteiger partial charge in [0.2, 0.25) is 0 Å². The van der Waals surface area contributed by atoms with Crippen LogP contribution in [0, 0.1) is 5.41 Å². The van der Waals surface area contributed by atoms with Gasteiger partial charge < -0.3 is 9.47 Å². The molecule has 1 aliphatic carbocycles. The summed E-state index contributed by atoms with van der Waals surface area (Å²) in [6.45, 7) is 8.57. The van der Waals surface area contributed by atoms with Gasteiger partial charge in [0.05, 0.1) is 5.60 Å². The van der Waals surface area contributed by atoms with Gasteiger partial charge >= 0.3 is 0 Å². The van der Waals surface area contributed by atoms with Gasteiger partial charge in [-0.25, -0.2) is 0 Å². The molecule has 0 atom stereocenters. The number of carbonyl (C=O) groups is 1. The fourth-order valence-electron chi connectivity index (χ4n) is 2.67. The van der Waals surface area contributed by atoms with Gasteiger partial charge in [-0.2, -0.15) is 0 Å². The molecule has 3 nitrogen and oxygen atoms in total. The van der Waals surface area contributed by atoms with Crippen LogP contribution in [0.1, 0.15) is 66.2 Å². The maximum Gasteiger partial charge on any atom is 0.164 e. The average Bonchev–Trinajstić information content (AvgIpc) is 2.37. The first kappa shape index (κ1) is 16.6. The Balaban J connectivity index is 2.63. The molecule has 0 heterocycles. The molecule has 0 bridgehead atoms. The van der Waals surface area contributed by atoms with Crippen LogP contribution in [0.25, 0.3) is 0 Å². The third kappa shape index (κ3) is 4.28. The van der Waals surface area contributed by atoms with E-state index in [9.17, 15) is 4.79 Å². The molecule has 0 unspecified atom stereocenters. The third-order valence-corrected chi connectivity index (χ3v) is 4.82. The fraction of sp³-hybridized carbons (Fsp3) is 0.938. The Labute approximate surface area is 118 Å². The largest absolute Gasteiger partial charge is 0.379 e. The average molecular weight is 270 g/mol. The number of Topliss-reactive ketones (excluding diaryl/α,β-unsaturated/α-hetero) is 1. The highest BCUT2D eigenvalue weighted by Crippen LogP contribution is 2.43. The van der Waals surface area contributed by atoms with Crippen LogP contribution in [0.2, 0.25) is 0 Å². The summed E-state index contributed by atoms with van der Waals surface area (Å²) in [5, 5.41) is 0. The summed E-state index contributed by atoms with van der Waals surface area (Å²) in [5.41, 5.74) is -0.439. The molecule has 0 spiro atoms. The molecular weight excluding hydrogens is 240 g/mol. The Morgan fingerprint density at radius 2 is 1.63 bits per heavy atom. The van der Waals surface area contributed by atoms with E-state index < -0.39 is 5.60 Å². The van der Waals surface area contributed by atoms with Gasteiger partial charge in [-0.05, 0) is 51.4 Å². The molecule has 0 aliphatic heterocycles. The molecule has 0 radical (unpaired) electrons. The van der Waals surface area contributed by atoms with E-state index >= 15 is 0 Å². The zero-order chi connectivity index (χ0) is 14.7. The van der Waals surface area contributed by atoms with Crippen LogP contribution in [-0.4, -0.2) is 31.2 Å². The molecule has 0 N–H and O–H groups in total. The van der Waals surface area contributed by atoms with Crippen LogP contribution in [-0.2, 0) is 14.3 Å². The number of ketones is 1. The highest BCUT2D eigenvalue weighted by atomic mass is 16.5. The molecular formula is C16H30O3. The van der Waals surface area contributed by atoms with Crippen molar-refractivity contribution in [1.29, 1.82) is 0 Å². The molecule has 0 aromatic rings. The van der Waals surface area contributed by atoms with Gasteiger partial charge in [0.25, 0.3) is 0 Å². The SMILES string of the molecule is COC(C)(C)CCC(=O)C1(OC)CCC(C)(C)CC1. The number of carbonyl (C=O) groups excluding carboxylic acids is 1. The molecule has 0 aromatic carbocycles. The smallest absolute Gasteiger partial charge is 0.164 e. The van der Waals surface area contributed by atoms with Crippen molar-refractivity contribution in [3.63, 3.8) is 0 Å². The Hall–Kier alpha value is -0.410. The minimum atomic E-state index is -0.542. The minimum Gasteiger partial charge on any atom is -0.379 e. The number of hydrogen-bond acceptors (Lipinski definition) is 3. The Bertz CT molecular complexity index is 308. The van der Waals surface area contributed by atoms with E-state index in [0.29, 0.717) is 11.8 Å². The van der Waals surface area contributed by atoms with Gasteiger partial charge in [-0.3, -0.25) is 4.79 Å². The zero-order valence-corrected chi connectivity index (χ0v) is 13.5. The van der Waals surface area contributed by atoms with E-state index in [1.165, 1.54) is 0 Å². The summed E-state index contributed by atoms with van der Waals surface area (Å²) in [5.74, 6) is 0.246. The van der Waals surface area contributed by atoms with Crippen molar-refractivity contribution in [2.45, 2.75) is 77.4 Å². The van der Waals surface area contributed by atoms with Crippen LogP contribution >= 0.6 is 0 Å². The molecule has 0 amide bonds. The zero-order valence-electron chi connectivity index (χ0n) is 13.5. The standard InChI is InChI=1S/C16H30O3/c1-14(2)9-11-16(19-6,12-10-14)13(17)7-8-15(3,4)18-5/h7-12H2,1-6H3. The Morgan fingerprint density at radius 1 is 1.11 bits per heavy atom. The van der Waals surface area contributed by atoms with Crippen LogP contribution < -0.4 is 0 Å². The summed E-state index contributed by atoms with van der Waals surface area (Å²) in [4.78, 5) is 12.5. The van der Waals surface area contributed by atoms with E-state index in [1.807, 2.05) is 13.8 Å². The number of ether oxygens (including phenoxy) is 2. The third-order valence-electron chi connectivity index (χ3n) is 4.82. The second-order valence-electron chi connectivity index (χ2n) is 7.25. The lowest BCUT2D eigenvalue weighted by Gasteiger charge is -2.42. The summed E-state index contributed by atoms with van der Waals surface area (Å²) >= 11 is 0. The molecule has 3 heteroatoms. The van der Waals surface area contributed by atoms with E-state index in [2.05, 4.69) is 13.8 Å². The molecule has 0 aromatic heterocycles. The van der Waals surface area contributed by atoms with Gasteiger partial charge in [-0.15, -0.1) is 0 Å². The van der Waals surface area contributed by atoms with E-state index in [1.54, 1.807) is 14.2 Å². The molecule has 19 heavy (non-hydrogen) atoms. The van der Waals surface area contributed by atoms with Gasteiger partial charge in [-0.1, -0.05) is 13.8 Å². The first-order valence-electron chi connectivity index (χ1n) is 7.30. The van der Waals surface area contributed by atoms with Crippen molar-refractivity contribution in [2.24, 2.45) is 5.41 Å². The van der Waals surface area contributed by atoms with Gasteiger partial charge in [0, 0.05) is 20.6 Å². The highest BCUT2D eigenvalue weighted by Gasteiger charge is 2.43. The van der Waals surface area contributed by atoms with Gasteiger partial charge in [0.15, 0.2) is 5.78 Å². The minimum absolute atomic E-state index is 0.238. The van der Waals surface area contributed by atoms with E-state index in [0.717, 1.165) is 32.1 Å². The van der Waals surface area contributed by atoms with Crippen LogP contribution in [0.3, 0.4) is 0 Å². The number of rotatable bonds is 6. The predicted octanol–water partition coefficient (Wildman–Crippen LogP) is 3.75. The molecule has 0 saturated heterocycles. The predicted molar refractivity (Wildman–Crippen MR) is 77.3 cm³/mol. The number of methoxy groups -OCH3 is 2. The molecule has 1 saturated carbocycles. The Kier molecular flexibility index (Phi) is 5.19. The highest BCUT2D eigenvalue weighted by molar-refractivity contribution is 5.87. The fourth-order valence-corrected chi connectivity index (χ4v) is 2.67. The van der Waals surface area contributed by atoms with E-state index in [-0.39, 0.29) is 11.4 Å². The van der Waals surface area contributed by atoms with Crippen molar-refractivity contribution >= 4 is 5.78 Å². The quantitative estimate of drug-likeness (QED) is 0.737. The maximum atomic E-state index is 12.5. The lowest BCUT2D eigenvalue weighted by atomic mass is 9.69. The maximum absolute atomic E-state index is 12.5. The molecule has 1 aliphatic rings. The lowest BCUT2D eigenvalue weighted by molar-refractivity contribution is -0.149. The van der Waals surface area contributed by atoms with E-state index in [4.69, 9.17) is 9.47 Å². The van der Waals surface area contributed by atoms with Gasteiger partial charge in [0.1, 0.15) is 5.60 Å². The van der Waals surface area contributed by atoms with Crippen molar-refractivity contribution in [3.8, 4) is 0 Å². The number of hydrogen-bond donors (Lipinski definition) is 0. The van der Waals surface area contributed by atoms with Crippen LogP contribution in [0.15, 0.2) is 0 Å². The monoisotopic (exact) mass is 270 g/mol. The topological polar surface area (TPSA) is 35.5 Å². The lowest BCUT2D eigenvalue weighted by Crippen LogP contribution is -2.46. The summed E-state index contributed by atoms with van der Waals surface area (Å²) in [6.07, 6.45) is 5.10. The summed E-state index contributed by atoms with van der Waals surface area (Å²) in [6, 6.07) is 0. The Morgan fingerprint density at radius 3 is 2.05 bits per heavy atom. The first-order valence-corrected chi connectivity index (χ1v) is 7.30. The molecule has 1 fully saturated rings. The summed E-state index contributed by atoms with van der Waals surface area (Å²) in [7, 11) is 3.37. The molecule has 112 valence electrons. The second-order valence-corrected chi connectivity index (χ2v) is 7.25. The van der Waals surface area contributed by atoms with Crippen LogP contribution in [0.5, 0.6) is 0 Å². The summed E-state index contributed by atoms with van der Waals surface area (Å²) < 4.78 is 11.0. The van der Waals surface area contributed by atoms with Crippen molar-refractivity contribution in [3.05, 3.63) is 0 Å². The first-order chi connectivity index (χ1) is 8.66. The van der Waals surface area contributed by atoms with Crippen molar-refractivity contribution < 1.29 is 14.3 Å². The molecule has 1 rings (SSSR count). The van der Waals surface area contributed by atoms with Crippen LogP contribution in [0.4, 0.5) is 0 Å². The van der Waals surface area contributed by atoms with Crippen molar-refractivity contribution in [2.75, 3.05) is 14.2 Å².